The van der Waals surface area contributed by atoms with Gasteiger partial charge in [0.15, 0.2) is 11.5 Å². The highest BCUT2D eigenvalue weighted by atomic mass is 32.2. The van der Waals surface area contributed by atoms with Crippen LogP contribution in [0.1, 0.15) is 24.9 Å². The Labute approximate surface area is 130 Å². The number of hydrogen-bond acceptors (Lipinski definition) is 5. The number of amides is 1. The molecule has 5 nitrogen and oxygen atoms in total. The van der Waals surface area contributed by atoms with Crippen LogP contribution in [0.15, 0.2) is 12.1 Å². The molecule has 0 heterocycles. The van der Waals surface area contributed by atoms with E-state index in [1.807, 2.05) is 25.3 Å². The molecule has 1 aromatic rings. The van der Waals surface area contributed by atoms with Crippen LogP contribution in [0.3, 0.4) is 0 Å². The van der Waals surface area contributed by atoms with Crippen LogP contribution in [0, 0.1) is 0 Å². The highest BCUT2D eigenvalue weighted by molar-refractivity contribution is 7.98. The largest absolute Gasteiger partial charge is 0.493 e. The first-order chi connectivity index (χ1) is 10.1. The van der Waals surface area contributed by atoms with Crippen LogP contribution in [0.25, 0.3) is 0 Å². The first-order valence-corrected chi connectivity index (χ1v) is 8.04. The molecule has 1 unspecified atom stereocenters. The summed E-state index contributed by atoms with van der Waals surface area (Å²) in [5.41, 5.74) is 0.905. The van der Waals surface area contributed by atoms with Gasteiger partial charge in [0, 0.05) is 12.2 Å². The number of carbonyl (C=O) groups is 1. The van der Waals surface area contributed by atoms with Crippen molar-refractivity contribution in [1.29, 1.82) is 0 Å². The molecule has 1 rings (SSSR count). The molecule has 0 aliphatic rings. The molecule has 0 saturated carbocycles. The zero-order valence-electron chi connectivity index (χ0n) is 13.2. The lowest BCUT2D eigenvalue weighted by molar-refractivity contribution is -0.121. The first kappa shape index (κ1) is 17.5. The summed E-state index contributed by atoms with van der Waals surface area (Å²) >= 11 is 1.65. The van der Waals surface area contributed by atoms with Crippen LogP contribution in [0.2, 0.25) is 0 Å². The molecule has 0 aromatic heterocycles. The number of nitrogens with one attached hydrogen (secondary N) is 1. The molecule has 0 bridgehead atoms. The van der Waals surface area contributed by atoms with Gasteiger partial charge in [-0.1, -0.05) is 0 Å². The topological polar surface area (TPSA) is 56.8 Å². The minimum absolute atomic E-state index is 0.0330. The fraction of sp³-hybridized carbons (Fsp3) is 0.533. The predicted molar refractivity (Wildman–Crippen MR) is 85.7 cm³/mol. The van der Waals surface area contributed by atoms with E-state index in [2.05, 4.69) is 5.32 Å². The fourth-order valence-corrected chi connectivity index (χ4v) is 2.33. The van der Waals surface area contributed by atoms with Gasteiger partial charge in [-0.15, -0.1) is 0 Å². The zero-order valence-corrected chi connectivity index (χ0v) is 14.0. The van der Waals surface area contributed by atoms with Gasteiger partial charge in [0.2, 0.25) is 11.7 Å². The van der Waals surface area contributed by atoms with Gasteiger partial charge in [0.05, 0.1) is 27.4 Å². The molecule has 21 heavy (non-hydrogen) atoms. The van der Waals surface area contributed by atoms with Gasteiger partial charge in [-0.05, 0) is 30.9 Å². The molecule has 0 aliphatic carbocycles. The highest BCUT2D eigenvalue weighted by Crippen LogP contribution is 2.39. The summed E-state index contributed by atoms with van der Waals surface area (Å²) in [5, 5.41) is 2.97. The third-order valence-electron chi connectivity index (χ3n) is 3.10. The maximum Gasteiger partial charge on any atom is 0.221 e. The summed E-state index contributed by atoms with van der Waals surface area (Å²) in [6.45, 7) is 1.93. The Morgan fingerprint density at radius 3 is 2.19 bits per heavy atom. The summed E-state index contributed by atoms with van der Waals surface area (Å²) in [6, 6.07) is 3.56. The molecule has 1 amide bonds. The molecule has 118 valence electrons. The highest BCUT2D eigenvalue weighted by Gasteiger charge is 2.17. The Kier molecular flexibility index (Phi) is 7.22. The van der Waals surface area contributed by atoms with Crippen molar-refractivity contribution < 1.29 is 19.0 Å². The Morgan fingerprint density at radius 2 is 1.76 bits per heavy atom. The molecule has 0 saturated heterocycles. The Morgan fingerprint density at radius 1 is 1.19 bits per heavy atom. The predicted octanol–water partition coefficient (Wildman–Crippen LogP) is 2.64. The first-order valence-electron chi connectivity index (χ1n) is 6.65. The smallest absolute Gasteiger partial charge is 0.221 e. The average Bonchev–Trinajstić information content (AvgIpc) is 2.51. The number of rotatable bonds is 8. The van der Waals surface area contributed by atoms with E-state index in [4.69, 9.17) is 14.2 Å². The number of carbonyl (C=O) groups excluding carboxylic acids is 1. The van der Waals surface area contributed by atoms with Gasteiger partial charge in [-0.2, -0.15) is 11.8 Å². The van der Waals surface area contributed by atoms with Crippen molar-refractivity contribution in [2.45, 2.75) is 19.4 Å². The van der Waals surface area contributed by atoms with Crippen LogP contribution in [0.4, 0.5) is 0 Å². The Hall–Kier alpha value is -1.56. The second kappa shape index (κ2) is 8.67. The maximum absolute atomic E-state index is 11.8. The standard InChI is InChI=1S/C15H23NO4S/c1-10(16-14(17)6-7-21-5)11-8-12(18-2)15(20-4)13(9-11)19-3/h8-10H,6-7H2,1-5H3,(H,16,17). The summed E-state index contributed by atoms with van der Waals surface area (Å²) in [7, 11) is 4.71. The molecular weight excluding hydrogens is 290 g/mol. The molecule has 1 atom stereocenters. The van der Waals surface area contributed by atoms with Crippen molar-refractivity contribution in [3.05, 3.63) is 17.7 Å². The number of thioether (sulfide) groups is 1. The average molecular weight is 313 g/mol. The Bertz CT molecular complexity index is 454. The summed E-state index contributed by atoms with van der Waals surface area (Å²) < 4.78 is 15.9. The van der Waals surface area contributed by atoms with Gasteiger partial charge in [0.1, 0.15) is 0 Å². The molecular formula is C15H23NO4S. The van der Waals surface area contributed by atoms with E-state index in [0.29, 0.717) is 23.7 Å². The van der Waals surface area contributed by atoms with Crippen molar-refractivity contribution in [1.82, 2.24) is 5.32 Å². The van der Waals surface area contributed by atoms with Gasteiger partial charge in [-0.3, -0.25) is 4.79 Å². The van der Waals surface area contributed by atoms with E-state index in [1.165, 1.54) is 0 Å². The van der Waals surface area contributed by atoms with Crippen molar-refractivity contribution in [3.8, 4) is 17.2 Å². The van der Waals surface area contributed by atoms with Gasteiger partial charge in [-0.25, -0.2) is 0 Å². The molecule has 0 spiro atoms. The van der Waals surface area contributed by atoms with Gasteiger partial charge >= 0.3 is 0 Å². The van der Waals surface area contributed by atoms with Crippen LogP contribution >= 0.6 is 11.8 Å². The maximum atomic E-state index is 11.8. The minimum atomic E-state index is -0.131. The van der Waals surface area contributed by atoms with E-state index < -0.39 is 0 Å². The normalized spacial score (nSPS) is 11.7. The van der Waals surface area contributed by atoms with E-state index >= 15 is 0 Å². The third-order valence-corrected chi connectivity index (χ3v) is 3.71. The van der Waals surface area contributed by atoms with Crippen LogP contribution in [-0.2, 0) is 4.79 Å². The fourth-order valence-electron chi connectivity index (χ4n) is 1.94. The lowest BCUT2D eigenvalue weighted by Gasteiger charge is -2.18. The minimum Gasteiger partial charge on any atom is -0.493 e. The second-order valence-electron chi connectivity index (χ2n) is 4.49. The molecule has 0 radical (unpaired) electrons. The lowest BCUT2D eigenvalue weighted by Crippen LogP contribution is -2.26. The molecule has 1 aromatic carbocycles. The quantitative estimate of drug-likeness (QED) is 0.799. The number of ether oxygens (including phenoxy) is 3. The summed E-state index contributed by atoms with van der Waals surface area (Å²) in [5.74, 6) is 2.55. The zero-order chi connectivity index (χ0) is 15.8. The van der Waals surface area contributed by atoms with Crippen molar-refractivity contribution in [2.75, 3.05) is 33.3 Å². The third kappa shape index (κ3) is 4.74. The van der Waals surface area contributed by atoms with Crippen molar-refractivity contribution >= 4 is 17.7 Å². The van der Waals surface area contributed by atoms with Crippen LogP contribution < -0.4 is 19.5 Å². The van der Waals surface area contributed by atoms with Gasteiger partial charge < -0.3 is 19.5 Å². The molecule has 1 N–H and O–H groups in total. The monoisotopic (exact) mass is 313 g/mol. The molecule has 6 heteroatoms. The SMILES string of the molecule is COc1cc(C(C)NC(=O)CCSC)cc(OC)c1OC. The van der Waals surface area contributed by atoms with E-state index in [9.17, 15) is 4.79 Å². The summed E-state index contributed by atoms with van der Waals surface area (Å²) in [4.78, 5) is 11.8. The van der Waals surface area contributed by atoms with Crippen LogP contribution in [-0.4, -0.2) is 39.2 Å². The van der Waals surface area contributed by atoms with E-state index in [-0.39, 0.29) is 11.9 Å². The van der Waals surface area contributed by atoms with Crippen LogP contribution in [0.5, 0.6) is 17.2 Å². The number of hydrogen-bond donors (Lipinski definition) is 1. The van der Waals surface area contributed by atoms with Gasteiger partial charge in [0.25, 0.3) is 0 Å². The van der Waals surface area contributed by atoms with Crippen molar-refractivity contribution in [3.63, 3.8) is 0 Å². The van der Waals surface area contributed by atoms with Crippen molar-refractivity contribution in [2.24, 2.45) is 0 Å². The molecule has 0 fully saturated rings. The Balaban J connectivity index is 2.94. The van der Waals surface area contributed by atoms with E-state index in [1.54, 1.807) is 33.1 Å². The number of methoxy groups -OCH3 is 3. The molecule has 0 aliphatic heterocycles. The van der Waals surface area contributed by atoms with E-state index in [0.717, 1.165) is 11.3 Å². The second-order valence-corrected chi connectivity index (χ2v) is 5.48. The summed E-state index contributed by atoms with van der Waals surface area (Å²) in [6.07, 6.45) is 2.49. The lowest BCUT2D eigenvalue weighted by atomic mass is 10.1. The number of benzene rings is 1.